The lowest BCUT2D eigenvalue weighted by Gasteiger charge is -2.12. The maximum Gasteiger partial charge on any atom is 0.200 e. The highest BCUT2D eigenvalue weighted by molar-refractivity contribution is 7.71. The Morgan fingerprint density at radius 3 is 2.88 bits per heavy atom. The highest BCUT2D eigenvalue weighted by Gasteiger charge is 2.19. The van der Waals surface area contributed by atoms with Gasteiger partial charge in [0.2, 0.25) is 0 Å². The molecule has 0 amide bonds. The summed E-state index contributed by atoms with van der Waals surface area (Å²) in [4.78, 5) is 0. The van der Waals surface area contributed by atoms with Crippen molar-refractivity contribution in [3.05, 3.63) is 46.4 Å². The van der Waals surface area contributed by atoms with E-state index in [9.17, 15) is 0 Å². The summed E-state index contributed by atoms with van der Waals surface area (Å²) in [5.41, 5.74) is 3.34. The van der Waals surface area contributed by atoms with Crippen molar-refractivity contribution in [1.29, 1.82) is 0 Å². The largest absolute Gasteiger partial charge is 0.495 e. The van der Waals surface area contributed by atoms with Crippen molar-refractivity contribution in [3.8, 4) is 23.0 Å². The van der Waals surface area contributed by atoms with Crippen LogP contribution >= 0.6 is 23.8 Å². The average molecular weight is 361 g/mol. The van der Waals surface area contributed by atoms with Gasteiger partial charge in [-0.05, 0) is 30.4 Å². The highest BCUT2D eigenvalue weighted by atomic mass is 35.5. The first-order chi connectivity index (χ1) is 11.6. The number of H-pyrrole nitrogens is 1. The maximum atomic E-state index is 6.17. The third kappa shape index (κ3) is 2.16. The Hall–Kier alpha value is -2.51. The summed E-state index contributed by atoms with van der Waals surface area (Å²) in [5.74, 6) is 1.30. The van der Waals surface area contributed by atoms with Crippen LogP contribution in [0.1, 0.15) is 0 Å². The Balaban J connectivity index is 2.01. The van der Waals surface area contributed by atoms with Crippen LogP contribution < -0.4 is 4.74 Å². The number of ether oxygens (including phenoxy) is 1. The Bertz CT molecular complexity index is 1110. The van der Waals surface area contributed by atoms with E-state index in [2.05, 4.69) is 10.2 Å². The number of fused-ring (bicyclic) bond motifs is 1. The molecule has 8 heteroatoms. The van der Waals surface area contributed by atoms with Crippen molar-refractivity contribution in [2.24, 2.45) is 7.05 Å². The Kier molecular flexibility index (Phi) is 3.47. The van der Waals surface area contributed by atoms with Crippen LogP contribution in [0.2, 0.25) is 5.02 Å². The van der Waals surface area contributed by atoms with Gasteiger partial charge in [-0.25, -0.2) is 0 Å². The Labute approximate surface area is 147 Å². The van der Waals surface area contributed by atoms with Gasteiger partial charge in [-0.1, -0.05) is 11.6 Å². The first-order valence-corrected chi connectivity index (χ1v) is 7.93. The SMILES string of the molecule is COc1ccc(Cl)cc1-n1c(-c2cc3occc3n2C)n[nH]c1=S. The number of aromatic nitrogens is 4. The zero-order chi connectivity index (χ0) is 16.8. The van der Waals surface area contributed by atoms with Crippen molar-refractivity contribution in [3.63, 3.8) is 0 Å². The number of benzene rings is 1. The minimum absolute atomic E-state index is 0.448. The van der Waals surface area contributed by atoms with Crippen LogP contribution in [0, 0.1) is 4.77 Å². The number of nitrogens with zero attached hydrogens (tertiary/aromatic N) is 3. The summed E-state index contributed by atoms with van der Waals surface area (Å²) in [6.45, 7) is 0. The number of aryl methyl sites for hydroxylation is 1. The van der Waals surface area contributed by atoms with Gasteiger partial charge in [-0.2, -0.15) is 5.10 Å². The summed E-state index contributed by atoms with van der Waals surface area (Å²) in [5, 5.41) is 7.81. The van der Waals surface area contributed by atoms with Crippen molar-refractivity contribution >= 4 is 34.9 Å². The molecule has 0 aliphatic rings. The fourth-order valence-corrected chi connectivity index (χ4v) is 3.19. The lowest BCUT2D eigenvalue weighted by Crippen LogP contribution is -2.03. The molecular weight excluding hydrogens is 348 g/mol. The van der Waals surface area contributed by atoms with E-state index >= 15 is 0 Å². The molecule has 122 valence electrons. The zero-order valence-electron chi connectivity index (χ0n) is 12.9. The van der Waals surface area contributed by atoms with Crippen molar-refractivity contribution in [2.45, 2.75) is 0 Å². The summed E-state index contributed by atoms with van der Waals surface area (Å²) < 4.78 is 15.2. The molecule has 0 fully saturated rings. The smallest absolute Gasteiger partial charge is 0.200 e. The van der Waals surface area contributed by atoms with Crippen LogP contribution in [0.25, 0.3) is 28.3 Å². The predicted molar refractivity (Wildman–Crippen MR) is 94.5 cm³/mol. The number of rotatable bonds is 3. The maximum absolute atomic E-state index is 6.17. The minimum Gasteiger partial charge on any atom is -0.495 e. The molecular formula is C16H13ClN4O2S. The summed E-state index contributed by atoms with van der Waals surface area (Å²) in [6, 6.07) is 9.19. The van der Waals surface area contributed by atoms with Gasteiger partial charge in [0.1, 0.15) is 5.75 Å². The quantitative estimate of drug-likeness (QED) is 0.552. The van der Waals surface area contributed by atoms with Crippen molar-refractivity contribution in [2.75, 3.05) is 7.11 Å². The fraction of sp³-hybridized carbons (Fsp3) is 0.125. The first kappa shape index (κ1) is 15.0. The molecule has 1 N–H and O–H groups in total. The van der Waals surface area contributed by atoms with Crippen LogP contribution in [0.4, 0.5) is 0 Å². The van der Waals surface area contributed by atoms with Gasteiger partial charge in [0.25, 0.3) is 0 Å². The van der Waals surface area contributed by atoms with Gasteiger partial charge in [0.15, 0.2) is 16.2 Å². The van der Waals surface area contributed by atoms with Crippen molar-refractivity contribution in [1.82, 2.24) is 19.3 Å². The molecule has 0 aliphatic carbocycles. The molecule has 3 heterocycles. The molecule has 4 aromatic rings. The molecule has 0 radical (unpaired) electrons. The molecule has 0 saturated carbocycles. The normalized spacial score (nSPS) is 11.3. The zero-order valence-corrected chi connectivity index (χ0v) is 14.5. The topological polar surface area (TPSA) is 60.9 Å². The van der Waals surface area contributed by atoms with E-state index in [0.717, 1.165) is 22.5 Å². The molecule has 0 atom stereocenters. The summed E-state index contributed by atoms with van der Waals surface area (Å²) in [6.07, 6.45) is 1.66. The van der Waals surface area contributed by atoms with Gasteiger partial charge < -0.3 is 13.7 Å². The second kappa shape index (κ2) is 5.54. The van der Waals surface area contributed by atoms with E-state index < -0.39 is 0 Å². The van der Waals surface area contributed by atoms with Gasteiger partial charge in [-0.3, -0.25) is 9.67 Å². The molecule has 4 rings (SSSR count). The van der Waals surface area contributed by atoms with Gasteiger partial charge in [-0.15, -0.1) is 0 Å². The number of hydrogen-bond acceptors (Lipinski definition) is 4. The molecule has 3 aromatic heterocycles. The summed E-state index contributed by atoms with van der Waals surface area (Å²) >= 11 is 11.6. The second-order valence-corrected chi connectivity index (χ2v) is 6.09. The lowest BCUT2D eigenvalue weighted by molar-refractivity contribution is 0.413. The highest BCUT2D eigenvalue weighted by Crippen LogP contribution is 2.32. The van der Waals surface area contributed by atoms with E-state index in [1.807, 2.05) is 23.7 Å². The van der Waals surface area contributed by atoms with Gasteiger partial charge in [0.05, 0.1) is 30.3 Å². The van der Waals surface area contributed by atoms with E-state index in [1.54, 1.807) is 36.1 Å². The monoisotopic (exact) mass is 360 g/mol. The number of methoxy groups -OCH3 is 1. The van der Waals surface area contributed by atoms with E-state index in [-0.39, 0.29) is 0 Å². The number of halogens is 1. The van der Waals surface area contributed by atoms with E-state index in [0.29, 0.717) is 21.4 Å². The number of aromatic amines is 1. The molecule has 0 saturated heterocycles. The van der Waals surface area contributed by atoms with Crippen LogP contribution in [0.15, 0.2) is 41.0 Å². The van der Waals surface area contributed by atoms with E-state index in [1.165, 1.54) is 0 Å². The molecule has 0 bridgehead atoms. The first-order valence-electron chi connectivity index (χ1n) is 7.15. The van der Waals surface area contributed by atoms with Gasteiger partial charge >= 0.3 is 0 Å². The molecule has 6 nitrogen and oxygen atoms in total. The standard InChI is InChI=1S/C16H13ClN4O2S/c1-20-10-5-6-23-14(10)8-12(20)15-18-19-16(24)21(15)11-7-9(17)3-4-13(11)22-2/h3-8H,1-2H3,(H,19,24). The number of hydrogen-bond donors (Lipinski definition) is 1. The number of furan rings is 1. The Morgan fingerprint density at radius 2 is 2.12 bits per heavy atom. The van der Waals surface area contributed by atoms with Crippen LogP contribution in [0.3, 0.4) is 0 Å². The van der Waals surface area contributed by atoms with Crippen molar-refractivity contribution < 1.29 is 9.15 Å². The average Bonchev–Trinajstić information content (AvgIpc) is 3.24. The van der Waals surface area contributed by atoms with Crippen LogP contribution in [-0.4, -0.2) is 26.4 Å². The van der Waals surface area contributed by atoms with Gasteiger partial charge in [0, 0.05) is 24.2 Å². The van der Waals surface area contributed by atoms with Crippen LogP contribution in [-0.2, 0) is 7.05 Å². The minimum atomic E-state index is 0.448. The second-order valence-electron chi connectivity index (χ2n) is 5.26. The fourth-order valence-electron chi connectivity index (χ4n) is 2.79. The molecule has 24 heavy (non-hydrogen) atoms. The van der Waals surface area contributed by atoms with E-state index in [4.69, 9.17) is 33.0 Å². The Morgan fingerprint density at radius 1 is 1.29 bits per heavy atom. The molecule has 0 spiro atoms. The number of nitrogens with one attached hydrogen (secondary N) is 1. The summed E-state index contributed by atoms with van der Waals surface area (Å²) in [7, 11) is 3.55. The molecule has 0 unspecified atom stereocenters. The lowest BCUT2D eigenvalue weighted by atomic mass is 10.2. The molecule has 0 aliphatic heterocycles. The molecule has 1 aromatic carbocycles. The third-order valence-electron chi connectivity index (χ3n) is 3.95. The predicted octanol–water partition coefficient (Wildman–Crippen LogP) is 4.34. The van der Waals surface area contributed by atoms with Crippen LogP contribution in [0.5, 0.6) is 5.75 Å². The third-order valence-corrected chi connectivity index (χ3v) is 4.46.